The third-order valence-electron chi connectivity index (χ3n) is 8.04. The fraction of sp³-hybridized carbons (Fsp3) is 0.429. The molecule has 250 valence electrons. The van der Waals surface area contributed by atoms with Crippen LogP contribution in [0.5, 0.6) is 0 Å². The van der Waals surface area contributed by atoms with Crippen LogP contribution in [0.1, 0.15) is 70.4 Å². The Hall–Kier alpha value is -4.68. The maximum atomic E-state index is 13.6. The second kappa shape index (κ2) is 15.7. The fourth-order valence-electron chi connectivity index (χ4n) is 5.17. The normalized spacial score (nSPS) is 17.1. The van der Waals surface area contributed by atoms with E-state index < -0.39 is 53.3 Å². The molecule has 0 radical (unpaired) electrons. The van der Waals surface area contributed by atoms with Gasteiger partial charge in [-0.1, -0.05) is 24.3 Å². The molecule has 12 nitrogen and oxygen atoms in total. The number of nitrogens with zero attached hydrogens (tertiary/aromatic N) is 3. The van der Waals surface area contributed by atoms with Crippen molar-refractivity contribution >= 4 is 40.5 Å². The first-order valence-electron chi connectivity index (χ1n) is 15.9. The van der Waals surface area contributed by atoms with E-state index >= 15 is 0 Å². The summed E-state index contributed by atoms with van der Waals surface area (Å²) in [5.41, 5.74) is 4.03. The van der Waals surface area contributed by atoms with E-state index in [0.29, 0.717) is 25.1 Å². The van der Waals surface area contributed by atoms with E-state index in [1.807, 2.05) is 24.3 Å². The fourth-order valence-corrected chi connectivity index (χ4v) is 5.17. The molecule has 4 N–H and O–H groups in total. The van der Waals surface area contributed by atoms with Gasteiger partial charge in [0.15, 0.2) is 0 Å². The van der Waals surface area contributed by atoms with Crippen LogP contribution >= 0.6 is 0 Å². The van der Waals surface area contributed by atoms with Crippen LogP contribution in [0.2, 0.25) is 0 Å². The van der Waals surface area contributed by atoms with Gasteiger partial charge >= 0.3 is 5.97 Å². The van der Waals surface area contributed by atoms with Gasteiger partial charge in [0.25, 0.3) is 5.91 Å². The second-order valence-electron chi connectivity index (χ2n) is 12.3. The summed E-state index contributed by atoms with van der Waals surface area (Å²) in [6.45, 7) is 9.07. The molecule has 4 atom stereocenters. The van der Waals surface area contributed by atoms with Crippen molar-refractivity contribution in [3.63, 3.8) is 0 Å². The Kier molecular flexibility index (Phi) is 11.8. The Balaban J connectivity index is 1.46. The average Bonchev–Trinajstić information content (AvgIpc) is 3.06. The van der Waals surface area contributed by atoms with Gasteiger partial charge in [0.05, 0.1) is 23.8 Å². The zero-order valence-electron chi connectivity index (χ0n) is 27.5. The van der Waals surface area contributed by atoms with Crippen LogP contribution in [0, 0.1) is 5.41 Å². The maximum absolute atomic E-state index is 13.6. The van der Waals surface area contributed by atoms with Crippen LogP contribution < -0.4 is 16.1 Å². The second-order valence-corrected chi connectivity index (χ2v) is 12.3. The summed E-state index contributed by atoms with van der Waals surface area (Å²) in [7, 11) is 0. The molecule has 1 aromatic carbocycles. The van der Waals surface area contributed by atoms with Crippen LogP contribution in [0.3, 0.4) is 0 Å². The number of hydrogen-bond donors (Lipinski definition) is 4. The Morgan fingerprint density at radius 3 is 2.62 bits per heavy atom. The number of pyridine rings is 2. The Bertz CT molecular complexity index is 1610. The highest BCUT2D eigenvalue weighted by molar-refractivity contribution is 5.94. The van der Waals surface area contributed by atoms with E-state index in [-0.39, 0.29) is 13.0 Å². The number of aliphatic hydroxyl groups is 1. The first-order valence-corrected chi connectivity index (χ1v) is 15.9. The molecule has 0 aliphatic carbocycles. The van der Waals surface area contributed by atoms with Gasteiger partial charge in [0, 0.05) is 36.9 Å². The highest BCUT2D eigenvalue weighted by Gasteiger charge is 2.34. The minimum Gasteiger partial charge on any atom is -0.465 e. The van der Waals surface area contributed by atoms with Gasteiger partial charge in [0.2, 0.25) is 11.8 Å². The first kappa shape index (κ1) is 35.2. The van der Waals surface area contributed by atoms with E-state index in [4.69, 9.17) is 4.74 Å². The van der Waals surface area contributed by atoms with Crippen molar-refractivity contribution in [2.45, 2.75) is 78.1 Å². The number of hydrazine groups is 1. The van der Waals surface area contributed by atoms with Crippen LogP contribution in [0.25, 0.3) is 16.8 Å². The van der Waals surface area contributed by atoms with E-state index in [0.717, 1.165) is 21.9 Å². The largest absolute Gasteiger partial charge is 0.465 e. The number of ether oxygens (including phenoxy) is 1. The van der Waals surface area contributed by atoms with E-state index in [1.165, 1.54) is 5.01 Å². The molecule has 3 amide bonds. The highest BCUT2D eigenvalue weighted by Crippen LogP contribution is 2.23. The van der Waals surface area contributed by atoms with Crippen molar-refractivity contribution in [3.05, 3.63) is 77.9 Å². The molecule has 3 heterocycles. The molecule has 1 saturated heterocycles. The van der Waals surface area contributed by atoms with Crippen molar-refractivity contribution in [2.24, 2.45) is 5.41 Å². The molecule has 1 fully saturated rings. The molecule has 1 aliphatic rings. The van der Waals surface area contributed by atoms with E-state index in [1.54, 1.807) is 77.5 Å². The molecule has 0 spiro atoms. The molecule has 4 rings (SSSR count). The van der Waals surface area contributed by atoms with Crippen molar-refractivity contribution in [2.75, 3.05) is 13.2 Å². The molecule has 2 aromatic heterocycles. The maximum Gasteiger partial charge on any atom is 0.324 e. The van der Waals surface area contributed by atoms with E-state index in [9.17, 15) is 24.3 Å². The Morgan fingerprint density at radius 1 is 1.13 bits per heavy atom. The molecule has 0 saturated carbocycles. The van der Waals surface area contributed by atoms with Gasteiger partial charge in [-0.25, -0.2) is 5.43 Å². The van der Waals surface area contributed by atoms with Gasteiger partial charge < -0.3 is 20.5 Å². The summed E-state index contributed by atoms with van der Waals surface area (Å²) >= 11 is 0. The Labute approximate surface area is 275 Å². The Morgan fingerprint density at radius 2 is 1.91 bits per heavy atom. The summed E-state index contributed by atoms with van der Waals surface area (Å²) in [5, 5.41) is 18.8. The molecule has 3 aromatic rings. The SMILES string of the molecule is CCOC(=O)C1CCCN(C(=O)[C@H](C)NC(=O)C(Cc2cccnc2)NC(=O)C(C)(C)/C=C/c2cc3cc([C@@H](C)O)ccc3cn2)N1. The lowest BCUT2D eigenvalue weighted by molar-refractivity contribution is -0.152. The highest BCUT2D eigenvalue weighted by atomic mass is 16.5. The molecule has 0 bridgehead atoms. The molecule has 12 heteroatoms. The lowest BCUT2D eigenvalue weighted by Crippen LogP contribution is -2.61. The number of aromatic nitrogens is 2. The lowest BCUT2D eigenvalue weighted by Gasteiger charge is -2.34. The third kappa shape index (κ3) is 9.43. The number of hydrogen-bond acceptors (Lipinski definition) is 9. The van der Waals surface area contributed by atoms with Crippen LogP contribution in [0.4, 0.5) is 0 Å². The summed E-state index contributed by atoms with van der Waals surface area (Å²) in [6.07, 6.45) is 9.13. The van der Waals surface area contributed by atoms with Crippen molar-refractivity contribution in [1.82, 2.24) is 31.0 Å². The van der Waals surface area contributed by atoms with Crippen LogP contribution in [0.15, 0.2) is 61.1 Å². The van der Waals surface area contributed by atoms with Crippen molar-refractivity contribution in [1.29, 1.82) is 0 Å². The van der Waals surface area contributed by atoms with Gasteiger partial charge in [-0.3, -0.25) is 34.2 Å². The number of carbonyl (C=O) groups is 4. The first-order chi connectivity index (χ1) is 22.4. The van der Waals surface area contributed by atoms with E-state index in [2.05, 4.69) is 26.0 Å². The molecule has 2 unspecified atom stereocenters. The topological polar surface area (TPSA) is 163 Å². The zero-order valence-corrected chi connectivity index (χ0v) is 27.5. The van der Waals surface area contributed by atoms with Gasteiger partial charge in [0.1, 0.15) is 18.1 Å². The smallest absolute Gasteiger partial charge is 0.324 e. The standard InChI is InChI=1S/C35H44N6O6/c1-6-47-33(45)29-10-8-16-41(40-29)32(44)22(2)38-31(43)30(17-24-9-7-15-36-20-24)39-34(46)35(4,5)14-13-28-19-27-18-25(23(3)42)11-12-26(27)21-37-28/h7,9,11-15,18-23,29-30,40,42H,6,8,10,16-17H2,1-5H3,(H,38,43)(H,39,46)/b14-13+/t22-,23+,29?,30?/m0/s1. The van der Waals surface area contributed by atoms with Crippen LogP contribution in [-0.4, -0.2) is 75.1 Å². The number of rotatable bonds is 12. The summed E-state index contributed by atoms with van der Waals surface area (Å²) in [4.78, 5) is 61.3. The number of aliphatic hydroxyl groups excluding tert-OH is 1. The number of carbonyl (C=O) groups excluding carboxylic acids is 4. The molecule has 47 heavy (non-hydrogen) atoms. The summed E-state index contributed by atoms with van der Waals surface area (Å²) < 4.78 is 5.09. The number of nitrogens with one attached hydrogen (secondary N) is 3. The van der Waals surface area contributed by atoms with Gasteiger partial charge in [-0.15, -0.1) is 0 Å². The minimum absolute atomic E-state index is 0.150. The number of benzene rings is 1. The zero-order chi connectivity index (χ0) is 34.1. The molecular formula is C35H44N6O6. The third-order valence-corrected chi connectivity index (χ3v) is 8.04. The number of esters is 1. The van der Waals surface area contributed by atoms with Crippen molar-refractivity contribution in [3.8, 4) is 0 Å². The number of amides is 3. The average molecular weight is 645 g/mol. The molecule has 1 aliphatic heterocycles. The molecular weight excluding hydrogens is 600 g/mol. The predicted molar refractivity (Wildman–Crippen MR) is 177 cm³/mol. The quantitative estimate of drug-likeness (QED) is 0.217. The number of fused-ring (bicyclic) bond motifs is 1. The van der Waals surface area contributed by atoms with Gasteiger partial charge in [-0.05, 0) is 88.2 Å². The van der Waals surface area contributed by atoms with Crippen molar-refractivity contribution < 1.29 is 29.0 Å². The van der Waals surface area contributed by atoms with Crippen LogP contribution in [-0.2, 0) is 30.3 Å². The minimum atomic E-state index is -1.03. The monoisotopic (exact) mass is 644 g/mol. The lowest BCUT2D eigenvalue weighted by atomic mass is 9.90. The summed E-state index contributed by atoms with van der Waals surface area (Å²) in [6, 6.07) is 8.51. The predicted octanol–water partition coefficient (Wildman–Crippen LogP) is 3.01. The van der Waals surface area contributed by atoms with Gasteiger partial charge in [-0.2, -0.15) is 0 Å². The summed E-state index contributed by atoms with van der Waals surface area (Å²) in [5.74, 6) is -1.78.